The number of nitrogens with zero attached hydrogens (tertiary/aromatic N) is 2. The highest BCUT2D eigenvalue weighted by Crippen LogP contribution is 2.09. The predicted octanol–water partition coefficient (Wildman–Crippen LogP) is 0.693. The molecule has 0 atom stereocenters. The number of aryl methyl sites for hydroxylation is 1. The Morgan fingerprint density at radius 1 is 1.50 bits per heavy atom. The van der Waals surface area contributed by atoms with E-state index in [2.05, 4.69) is 14.7 Å². The van der Waals surface area contributed by atoms with Crippen LogP contribution in [-0.4, -0.2) is 35.8 Å². The highest BCUT2D eigenvalue weighted by Gasteiger charge is 2.07. The SMILES string of the molecule is CCS(=O)(=O)CCNc1nc(C)ns1. The van der Waals surface area contributed by atoms with Gasteiger partial charge >= 0.3 is 0 Å². The van der Waals surface area contributed by atoms with Gasteiger partial charge in [-0.1, -0.05) is 6.92 Å². The van der Waals surface area contributed by atoms with Crippen molar-refractivity contribution < 1.29 is 8.42 Å². The van der Waals surface area contributed by atoms with Gasteiger partial charge in [0.15, 0.2) is 9.84 Å². The highest BCUT2D eigenvalue weighted by atomic mass is 32.2. The second kappa shape index (κ2) is 4.70. The van der Waals surface area contributed by atoms with E-state index in [-0.39, 0.29) is 11.5 Å². The van der Waals surface area contributed by atoms with E-state index in [1.807, 2.05) is 0 Å². The van der Waals surface area contributed by atoms with Gasteiger partial charge < -0.3 is 5.32 Å². The fourth-order valence-electron chi connectivity index (χ4n) is 0.827. The predicted molar refractivity (Wildman–Crippen MR) is 57.5 cm³/mol. The summed E-state index contributed by atoms with van der Waals surface area (Å²) in [7, 11) is -2.89. The maximum Gasteiger partial charge on any atom is 0.202 e. The van der Waals surface area contributed by atoms with Crippen molar-refractivity contribution in [2.45, 2.75) is 13.8 Å². The molecule has 0 aliphatic heterocycles. The van der Waals surface area contributed by atoms with Crippen molar-refractivity contribution >= 4 is 26.5 Å². The maximum absolute atomic E-state index is 11.1. The first-order chi connectivity index (χ1) is 6.53. The molecule has 1 aromatic rings. The lowest BCUT2D eigenvalue weighted by molar-refractivity contribution is 0.597. The number of anilines is 1. The molecule has 0 aliphatic carbocycles. The summed E-state index contributed by atoms with van der Waals surface area (Å²) in [6.45, 7) is 3.83. The van der Waals surface area contributed by atoms with E-state index in [1.165, 1.54) is 11.5 Å². The summed E-state index contributed by atoms with van der Waals surface area (Å²) < 4.78 is 26.2. The van der Waals surface area contributed by atoms with Crippen LogP contribution in [0.1, 0.15) is 12.7 Å². The molecule has 1 rings (SSSR count). The van der Waals surface area contributed by atoms with Gasteiger partial charge in [-0.3, -0.25) is 0 Å². The zero-order valence-corrected chi connectivity index (χ0v) is 9.78. The summed E-state index contributed by atoms with van der Waals surface area (Å²) in [5, 5.41) is 3.60. The topological polar surface area (TPSA) is 72.0 Å². The van der Waals surface area contributed by atoms with Crippen LogP contribution in [0.5, 0.6) is 0 Å². The normalized spacial score (nSPS) is 11.6. The molecule has 0 bridgehead atoms. The molecule has 5 nitrogen and oxygen atoms in total. The Labute approximate surface area is 87.7 Å². The summed E-state index contributed by atoms with van der Waals surface area (Å²) in [5.74, 6) is 1.03. The van der Waals surface area contributed by atoms with Crippen molar-refractivity contribution in [2.24, 2.45) is 0 Å². The van der Waals surface area contributed by atoms with Crippen LogP contribution in [0.3, 0.4) is 0 Å². The first kappa shape index (κ1) is 11.4. The van der Waals surface area contributed by atoms with Crippen LogP contribution in [0.2, 0.25) is 0 Å². The molecule has 0 saturated carbocycles. The van der Waals surface area contributed by atoms with E-state index in [1.54, 1.807) is 13.8 Å². The third kappa shape index (κ3) is 3.59. The first-order valence-electron chi connectivity index (χ1n) is 4.28. The molecule has 80 valence electrons. The number of rotatable bonds is 5. The molecule has 1 N–H and O–H groups in total. The van der Waals surface area contributed by atoms with E-state index in [9.17, 15) is 8.42 Å². The van der Waals surface area contributed by atoms with Crippen molar-refractivity contribution in [1.29, 1.82) is 0 Å². The minimum atomic E-state index is -2.89. The van der Waals surface area contributed by atoms with Gasteiger partial charge in [-0.2, -0.15) is 4.37 Å². The van der Waals surface area contributed by atoms with Gasteiger partial charge in [0.25, 0.3) is 0 Å². The fourth-order valence-corrected chi connectivity index (χ4v) is 2.13. The Kier molecular flexibility index (Phi) is 3.82. The Morgan fingerprint density at radius 3 is 2.71 bits per heavy atom. The van der Waals surface area contributed by atoms with Crippen molar-refractivity contribution in [1.82, 2.24) is 9.36 Å². The zero-order chi connectivity index (χ0) is 10.6. The molecule has 0 saturated heterocycles. The number of hydrogen-bond donors (Lipinski definition) is 1. The van der Waals surface area contributed by atoms with Crippen molar-refractivity contribution in [3.63, 3.8) is 0 Å². The number of aromatic nitrogens is 2. The van der Waals surface area contributed by atoms with Gasteiger partial charge in [0.05, 0.1) is 5.75 Å². The van der Waals surface area contributed by atoms with Crippen molar-refractivity contribution in [3.8, 4) is 0 Å². The molecule has 0 aromatic carbocycles. The largest absolute Gasteiger partial charge is 0.359 e. The van der Waals surface area contributed by atoms with Crippen LogP contribution in [0.4, 0.5) is 5.13 Å². The monoisotopic (exact) mass is 235 g/mol. The van der Waals surface area contributed by atoms with Crippen LogP contribution in [0.25, 0.3) is 0 Å². The third-order valence-corrected chi connectivity index (χ3v) is 4.13. The fraction of sp³-hybridized carbons (Fsp3) is 0.714. The molecule has 0 spiro atoms. The number of sulfone groups is 1. The zero-order valence-electron chi connectivity index (χ0n) is 8.15. The standard InChI is InChI=1S/C7H13N3O2S2/c1-3-14(11,12)5-4-8-7-9-6(2)10-13-7/h3-5H2,1-2H3,(H,8,9,10). The minimum absolute atomic E-state index is 0.141. The molecule has 7 heteroatoms. The van der Waals surface area contributed by atoms with Gasteiger partial charge in [0.1, 0.15) is 5.82 Å². The number of hydrogen-bond acceptors (Lipinski definition) is 6. The van der Waals surface area contributed by atoms with Gasteiger partial charge in [0, 0.05) is 23.8 Å². The van der Waals surface area contributed by atoms with Crippen LogP contribution in [-0.2, 0) is 9.84 Å². The summed E-state index contributed by atoms with van der Waals surface area (Å²) in [5.41, 5.74) is 0. The number of nitrogens with one attached hydrogen (secondary N) is 1. The van der Waals surface area contributed by atoms with E-state index in [4.69, 9.17) is 0 Å². The van der Waals surface area contributed by atoms with E-state index >= 15 is 0 Å². The molecule has 0 amide bonds. The summed E-state index contributed by atoms with van der Waals surface area (Å²) >= 11 is 1.24. The third-order valence-electron chi connectivity index (χ3n) is 1.66. The molecule has 0 aliphatic rings. The van der Waals surface area contributed by atoms with Crippen LogP contribution in [0.15, 0.2) is 0 Å². The molecule has 0 radical (unpaired) electrons. The van der Waals surface area contributed by atoms with E-state index in [0.717, 1.165) is 0 Å². The smallest absolute Gasteiger partial charge is 0.202 e. The molecule has 1 heterocycles. The molecule has 14 heavy (non-hydrogen) atoms. The van der Waals surface area contributed by atoms with Crippen molar-refractivity contribution in [2.75, 3.05) is 23.4 Å². The lowest BCUT2D eigenvalue weighted by Gasteiger charge is -2.01. The Bertz CT molecular complexity index is 385. The summed E-state index contributed by atoms with van der Waals surface area (Å²) in [6.07, 6.45) is 0. The van der Waals surface area contributed by atoms with Crippen LogP contribution < -0.4 is 5.32 Å². The lowest BCUT2D eigenvalue weighted by atomic mass is 10.7. The maximum atomic E-state index is 11.1. The molecule has 0 unspecified atom stereocenters. The summed E-state index contributed by atoms with van der Waals surface area (Å²) in [4.78, 5) is 4.06. The second-order valence-electron chi connectivity index (χ2n) is 2.81. The van der Waals surface area contributed by atoms with Gasteiger partial charge in [-0.05, 0) is 6.92 Å². The quantitative estimate of drug-likeness (QED) is 0.813. The minimum Gasteiger partial charge on any atom is -0.359 e. The van der Waals surface area contributed by atoms with Crippen LogP contribution in [0, 0.1) is 6.92 Å². The molecule has 0 fully saturated rings. The molecule has 1 aromatic heterocycles. The van der Waals surface area contributed by atoms with Crippen molar-refractivity contribution in [3.05, 3.63) is 5.82 Å². The van der Waals surface area contributed by atoms with Gasteiger partial charge in [-0.15, -0.1) is 0 Å². The summed E-state index contributed by atoms with van der Waals surface area (Å²) in [6, 6.07) is 0. The average Bonchev–Trinajstić information content (AvgIpc) is 2.51. The first-order valence-corrected chi connectivity index (χ1v) is 6.87. The Morgan fingerprint density at radius 2 is 2.21 bits per heavy atom. The van der Waals surface area contributed by atoms with Crippen LogP contribution >= 0.6 is 11.5 Å². The highest BCUT2D eigenvalue weighted by molar-refractivity contribution is 7.91. The molecular formula is C7H13N3O2S2. The second-order valence-corrected chi connectivity index (χ2v) is 6.03. The lowest BCUT2D eigenvalue weighted by Crippen LogP contribution is -2.17. The molecular weight excluding hydrogens is 222 g/mol. The average molecular weight is 235 g/mol. The van der Waals surface area contributed by atoms with E-state index in [0.29, 0.717) is 17.5 Å². The van der Waals surface area contributed by atoms with E-state index < -0.39 is 9.84 Å². The Balaban J connectivity index is 2.36. The van der Waals surface area contributed by atoms with Gasteiger partial charge in [-0.25, -0.2) is 13.4 Å². The Hall–Kier alpha value is -0.690. The van der Waals surface area contributed by atoms with Gasteiger partial charge in [0.2, 0.25) is 5.13 Å².